The summed E-state index contributed by atoms with van der Waals surface area (Å²) in [7, 11) is 1.74. The fourth-order valence-corrected chi connectivity index (χ4v) is 4.25. The first kappa shape index (κ1) is 18.7. The third kappa shape index (κ3) is 3.30. The Labute approximate surface area is 162 Å². The van der Waals surface area contributed by atoms with Crippen LogP contribution >= 0.6 is 0 Å². The second-order valence-electron chi connectivity index (χ2n) is 6.57. The van der Waals surface area contributed by atoms with E-state index in [1.165, 1.54) is 12.3 Å². The molecule has 0 saturated carbocycles. The maximum atomic E-state index is 14.1. The van der Waals surface area contributed by atoms with Crippen molar-refractivity contribution in [2.45, 2.75) is 18.4 Å². The highest BCUT2D eigenvalue weighted by Gasteiger charge is 2.33. The molecule has 0 amide bonds. The van der Waals surface area contributed by atoms with Crippen LogP contribution in [0.1, 0.15) is 11.1 Å². The zero-order valence-electron chi connectivity index (χ0n) is 15.1. The van der Waals surface area contributed by atoms with Crippen LogP contribution in [0, 0.1) is 18.6 Å². The average molecular weight is 402 g/mol. The summed E-state index contributed by atoms with van der Waals surface area (Å²) < 4.78 is 47.3. The number of pyridine rings is 1. The molecule has 0 fully saturated rings. The molecule has 1 aromatic heterocycles. The summed E-state index contributed by atoms with van der Waals surface area (Å²) in [6, 6.07) is 8.17. The van der Waals surface area contributed by atoms with Crippen LogP contribution in [0.3, 0.4) is 0 Å². The van der Waals surface area contributed by atoms with Crippen LogP contribution in [0.4, 0.5) is 8.78 Å². The zero-order chi connectivity index (χ0) is 20.0. The summed E-state index contributed by atoms with van der Waals surface area (Å²) in [4.78, 5) is 15.0. The Kier molecular flexibility index (Phi) is 4.70. The molecule has 0 radical (unpaired) electrons. The van der Waals surface area contributed by atoms with Crippen molar-refractivity contribution in [2.75, 3.05) is 7.05 Å². The molecule has 28 heavy (non-hydrogen) atoms. The number of nitrogens with zero attached hydrogens (tertiary/aromatic N) is 1. The van der Waals surface area contributed by atoms with Gasteiger partial charge in [-0.2, -0.15) is 0 Å². The molecule has 0 saturated heterocycles. The van der Waals surface area contributed by atoms with Crippen LogP contribution in [0.25, 0.3) is 11.1 Å². The van der Waals surface area contributed by atoms with Crippen molar-refractivity contribution in [3.05, 3.63) is 75.7 Å². The molecule has 1 aliphatic rings. The summed E-state index contributed by atoms with van der Waals surface area (Å²) in [5.74, 6) is -1.34. The quantitative estimate of drug-likeness (QED) is 0.675. The monoisotopic (exact) mass is 402 g/mol. The lowest BCUT2D eigenvalue weighted by Crippen LogP contribution is -2.18. The highest BCUT2D eigenvalue weighted by molar-refractivity contribution is 7.89. The number of fused-ring (bicyclic) bond motifs is 1. The minimum atomic E-state index is -1.32. The molecule has 0 aliphatic carbocycles. The number of H-pyrrole nitrogens is 1. The second-order valence-corrected chi connectivity index (χ2v) is 8.13. The molecule has 1 atom stereocenters. The highest BCUT2D eigenvalue weighted by atomic mass is 32.2. The Hall–Kier alpha value is -2.68. The standard InChI is InChI=1S/C20H16F2N2O3S/c1-11-5-12(9-23-20(11)25)15-8-19-13(10-24(2)28(19)26)6-18(15)27-17-4-3-14(21)7-16(17)22/h3-9H,10H2,1-2H3,(H,23,25). The van der Waals surface area contributed by atoms with Gasteiger partial charge in [0, 0.05) is 47.6 Å². The molecule has 1 aliphatic heterocycles. The Balaban J connectivity index is 1.87. The molecule has 8 heteroatoms. The van der Waals surface area contributed by atoms with Crippen molar-refractivity contribution in [1.29, 1.82) is 0 Å². The largest absolute Gasteiger partial charge is 0.593 e. The van der Waals surface area contributed by atoms with Crippen LogP contribution in [0.15, 0.2) is 52.3 Å². The number of benzene rings is 2. The van der Waals surface area contributed by atoms with E-state index >= 15 is 0 Å². The number of nitrogens with one attached hydrogen (secondary N) is 1. The summed E-state index contributed by atoms with van der Waals surface area (Å²) in [5.41, 5.74) is 2.24. The van der Waals surface area contributed by atoms with Crippen LogP contribution in [0.2, 0.25) is 0 Å². The maximum absolute atomic E-state index is 14.1. The Morgan fingerprint density at radius 1 is 1.18 bits per heavy atom. The van der Waals surface area contributed by atoms with Crippen LogP contribution in [-0.4, -0.2) is 20.9 Å². The highest BCUT2D eigenvalue weighted by Crippen LogP contribution is 2.41. The first-order valence-corrected chi connectivity index (χ1v) is 9.56. The van der Waals surface area contributed by atoms with Gasteiger partial charge in [0.2, 0.25) is 0 Å². The van der Waals surface area contributed by atoms with Gasteiger partial charge in [-0.05, 0) is 31.2 Å². The van der Waals surface area contributed by atoms with Crippen molar-refractivity contribution in [1.82, 2.24) is 9.29 Å². The van der Waals surface area contributed by atoms with Crippen LogP contribution in [0.5, 0.6) is 11.5 Å². The lowest BCUT2D eigenvalue weighted by atomic mass is 10.0. The lowest BCUT2D eigenvalue weighted by Gasteiger charge is -2.14. The van der Waals surface area contributed by atoms with Gasteiger partial charge >= 0.3 is 0 Å². The number of halogens is 2. The van der Waals surface area contributed by atoms with Gasteiger partial charge in [0.15, 0.2) is 16.5 Å². The van der Waals surface area contributed by atoms with Gasteiger partial charge in [0.05, 0.1) is 17.9 Å². The third-order valence-corrected chi connectivity index (χ3v) is 5.99. The number of rotatable bonds is 3. The average Bonchev–Trinajstić information content (AvgIpc) is 2.93. The summed E-state index contributed by atoms with van der Waals surface area (Å²) in [6.07, 6.45) is 1.52. The topological polar surface area (TPSA) is 68.4 Å². The van der Waals surface area contributed by atoms with E-state index in [1.54, 1.807) is 36.5 Å². The molecule has 2 aromatic carbocycles. The number of hydrogen-bond donors (Lipinski definition) is 1. The van der Waals surface area contributed by atoms with Gasteiger partial charge in [0.1, 0.15) is 11.6 Å². The van der Waals surface area contributed by atoms with E-state index in [2.05, 4.69) is 4.98 Å². The maximum Gasteiger partial charge on any atom is 0.250 e. The minimum absolute atomic E-state index is 0.128. The van der Waals surface area contributed by atoms with E-state index in [0.717, 1.165) is 17.7 Å². The smallest absolute Gasteiger partial charge is 0.250 e. The Bertz CT molecular complexity index is 1130. The molecule has 1 N–H and O–H groups in total. The van der Waals surface area contributed by atoms with E-state index in [-0.39, 0.29) is 11.3 Å². The first-order valence-electron chi connectivity index (χ1n) is 8.46. The Morgan fingerprint density at radius 2 is 1.96 bits per heavy atom. The van der Waals surface area contributed by atoms with Gasteiger partial charge in [-0.3, -0.25) is 4.79 Å². The third-order valence-electron chi connectivity index (χ3n) is 4.54. The number of aromatic nitrogens is 1. The summed E-state index contributed by atoms with van der Waals surface area (Å²) >= 11 is -1.32. The second kappa shape index (κ2) is 7.05. The van der Waals surface area contributed by atoms with Gasteiger partial charge in [-0.15, -0.1) is 4.31 Å². The molecular formula is C20H16F2N2O3S. The van der Waals surface area contributed by atoms with E-state index < -0.39 is 23.0 Å². The fraction of sp³-hybridized carbons (Fsp3) is 0.150. The van der Waals surface area contributed by atoms with Gasteiger partial charge in [-0.25, -0.2) is 8.78 Å². The van der Waals surface area contributed by atoms with Crippen molar-refractivity contribution < 1.29 is 18.1 Å². The molecule has 0 bridgehead atoms. The number of ether oxygens (including phenoxy) is 1. The minimum Gasteiger partial charge on any atom is -0.593 e. The van der Waals surface area contributed by atoms with Crippen molar-refractivity contribution in [2.24, 2.45) is 0 Å². The molecule has 0 spiro atoms. The number of aromatic amines is 1. The molecule has 1 unspecified atom stereocenters. The van der Waals surface area contributed by atoms with E-state index in [1.807, 2.05) is 0 Å². The first-order chi connectivity index (χ1) is 13.3. The van der Waals surface area contributed by atoms with E-state index in [4.69, 9.17) is 4.74 Å². The Morgan fingerprint density at radius 3 is 2.68 bits per heavy atom. The van der Waals surface area contributed by atoms with Crippen LogP contribution < -0.4 is 10.3 Å². The summed E-state index contributed by atoms with van der Waals surface area (Å²) in [5, 5.41) is 0. The van der Waals surface area contributed by atoms with Crippen molar-refractivity contribution >= 4 is 11.4 Å². The molecule has 5 nitrogen and oxygen atoms in total. The van der Waals surface area contributed by atoms with E-state index in [0.29, 0.717) is 33.9 Å². The molecule has 144 valence electrons. The van der Waals surface area contributed by atoms with Crippen molar-refractivity contribution in [3.63, 3.8) is 0 Å². The fourth-order valence-electron chi connectivity index (χ4n) is 3.09. The summed E-state index contributed by atoms with van der Waals surface area (Å²) in [6.45, 7) is 2.12. The lowest BCUT2D eigenvalue weighted by molar-refractivity contribution is 0.437. The molecule has 2 heterocycles. The number of aryl methyl sites for hydroxylation is 1. The van der Waals surface area contributed by atoms with Gasteiger partial charge in [-0.1, -0.05) is 0 Å². The number of hydrogen-bond acceptors (Lipinski definition) is 4. The van der Waals surface area contributed by atoms with Crippen LogP contribution in [-0.2, 0) is 17.9 Å². The zero-order valence-corrected chi connectivity index (χ0v) is 15.9. The SMILES string of the molecule is Cc1cc(-c2cc3c(cc2Oc2ccc(F)cc2F)CN(C)[S+]3[O-])c[nH]c1=O. The van der Waals surface area contributed by atoms with Crippen molar-refractivity contribution in [3.8, 4) is 22.6 Å². The molecule has 4 rings (SSSR count). The van der Waals surface area contributed by atoms with E-state index in [9.17, 15) is 18.1 Å². The predicted octanol–water partition coefficient (Wildman–Crippen LogP) is 3.89. The normalized spacial score (nSPS) is 16.2. The molecular weight excluding hydrogens is 386 g/mol. The molecule has 3 aromatic rings. The van der Waals surface area contributed by atoms with Gasteiger partial charge in [0.25, 0.3) is 5.56 Å². The predicted molar refractivity (Wildman–Crippen MR) is 102 cm³/mol. The van der Waals surface area contributed by atoms with Gasteiger partial charge < -0.3 is 14.3 Å².